The Morgan fingerprint density at radius 2 is 2.18 bits per heavy atom. The summed E-state index contributed by atoms with van der Waals surface area (Å²) in [5, 5.41) is 3.35. The Morgan fingerprint density at radius 1 is 1.47 bits per heavy atom. The van der Waals surface area contributed by atoms with Gasteiger partial charge < -0.3 is 14.8 Å². The second-order valence-corrected chi connectivity index (χ2v) is 4.52. The Hall–Kier alpha value is -0.850. The van der Waals surface area contributed by atoms with E-state index in [4.69, 9.17) is 15.3 Å². The lowest BCUT2D eigenvalue weighted by molar-refractivity contribution is 0.0521. The molecule has 0 aromatic carbocycles. The lowest BCUT2D eigenvalue weighted by Gasteiger charge is -2.35. The fraction of sp³-hybridized carbons (Fsp3) is 0.909. The van der Waals surface area contributed by atoms with Crippen molar-refractivity contribution >= 4 is 5.96 Å². The van der Waals surface area contributed by atoms with Crippen molar-refractivity contribution in [3.05, 3.63) is 0 Å². The number of rotatable bonds is 5. The smallest absolute Gasteiger partial charge is 0.206 e. The Morgan fingerprint density at radius 3 is 2.76 bits per heavy atom. The molecule has 1 fully saturated rings. The van der Waals surface area contributed by atoms with Crippen molar-refractivity contribution in [1.29, 1.82) is 0 Å². The number of nitrogens with one attached hydrogen (secondary N) is 2. The molecule has 0 bridgehead atoms. The third kappa shape index (κ3) is 5.34. The summed E-state index contributed by atoms with van der Waals surface area (Å²) in [6, 6.07) is 0. The average Bonchev–Trinajstić information content (AvgIpc) is 2.34. The van der Waals surface area contributed by atoms with Crippen LogP contribution in [0.1, 0.15) is 26.2 Å². The number of guanidine groups is 1. The number of nitrogens with two attached hydrogens (primary N) is 1. The molecule has 0 aromatic rings. The number of aliphatic imine (C=N–C) groups is 1. The number of hydrogen-bond donors (Lipinski definition) is 3. The van der Waals surface area contributed by atoms with E-state index in [0.717, 1.165) is 32.5 Å². The molecule has 0 amide bonds. The Bertz CT molecular complexity index is 240. The van der Waals surface area contributed by atoms with Crippen molar-refractivity contribution in [2.45, 2.75) is 31.7 Å². The molecule has 6 heteroatoms. The van der Waals surface area contributed by atoms with E-state index in [2.05, 4.69) is 22.7 Å². The van der Waals surface area contributed by atoms with Gasteiger partial charge in [-0.25, -0.2) is 5.84 Å². The SMILES string of the molecule is COCCCN=C(NN)NC1(C)CCOCC1. The first-order chi connectivity index (χ1) is 8.20. The molecular formula is C11H24N4O2. The molecule has 0 unspecified atom stereocenters. The summed E-state index contributed by atoms with van der Waals surface area (Å²) in [4.78, 5) is 4.37. The van der Waals surface area contributed by atoms with E-state index < -0.39 is 0 Å². The zero-order chi connectivity index (χ0) is 12.6. The van der Waals surface area contributed by atoms with Gasteiger partial charge in [-0.15, -0.1) is 0 Å². The van der Waals surface area contributed by atoms with Crippen LogP contribution in [0.4, 0.5) is 0 Å². The molecular weight excluding hydrogens is 220 g/mol. The Kier molecular flexibility index (Phi) is 6.25. The van der Waals surface area contributed by atoms with Crippen molar-refractivity contribution in [3.63, 3.8) is 0 Å². The minimum absolute atomic E-state index is 0.0186. The molecule has 1 saturated heterocycles. The highest BCUT2D eigenvalue weighted by molar-refractivity contribution is 5.79. The van der Waals surface area contributed by atoms with Crippen molar-refractivity contribution in [1.82, 2.24) is 10.7 Å². The van der Waals surface area contributed by atoms with Gasteiger partial charge in [0.15, 0.2) is 0 Å². The molecule has 0 aliphatic carbocycles. The summed E-state index contributed by atoms with van der Waals surface area (Å²) in [6.07, 6.45) is 2.82. The van der Waals surface area contributed by atoms with Crippen LogP contribution in [0.5, 0.6) is 0 Å². The zero-order valence-corrected chi connectivity index (χ0v) is 10.8. The fourth-order valence-electron chi connectivity index (χ4n) is 1.75. The van der Waals surface area contributed by atoms with Gasteiger partial charge in [0, 0.05) is 39.0 Å². The maximum absolute atomic E-state index is 5.46. The molecule has 100 valence electrons. The van der Waals surface area contributed by atoms with E-state index in [0.29, 0.717) is 19.1 Å². The molecule has 6 nitrogen and oxygen atoms in total. The van der Waals surface area contributed by atoms with E-state index >= 15 is 0 Å². The first-order valence-corrected chi connectivity index (χ1v) is 6.06. The third-order valence-electron chi connectivity index (χ3n) is 2.93. The van der Waals surface area contributed by atoms with Crippen LogP contribution in [0.15, 0.2) is 4.99 Å². The summed E-state index contributed by atoms with van der Waals surface area (Å²) in [5.41, 5.74) is 2.63. The van der Waals surface area contributed by atoms with Gasteiger partial charge in [-0.2, -0.15) is 0 Å². The van der Waals surface area contributed by atoms with Crippen LogP contribution in [-0.2, 0) is 9.47 Å². The number of hydrazine groups is 1. The highest BCUT2D eigenvalue weighted by Crippen LogP contribution is 2.19. The minimum atomic E-state index is 0.0186. The highest BCUT2D eigenvalue weighted by Gasteiger charge is 2.27. The predicted octanol–water partition coefficient (Wildman–Crippen LogP) is 0.000900. The largest absolute Gasteiger partial charge is 0.385 e. The van der Waals surface area contributed by atoms with Crippen LogP contribution in [0.3, 0.4) is 0 Å². The van der Waals surface area contributed by atoms with Gasteiger partial charge in [0.25, 0.3) is 0 Å². The second kappa shape index (κ2) is 7.47. The van der Waals surface area contributed by atoms with Crippen LogP contribution in [0, 0.1) is 0 Å². The van der Waals surface area contributed by atoms with E-state index in [1.54, 1.807) is 7.11 Å². The zero-order valence-electron chi connectivity index (χ0n) is 10.8. The van der Waals surface area contributed by atoms with Gasteiger partial charge in [-0.05, 0) is 26.2 Å². The first-order valence-electron chi connectivity index (χ1n) is 6.06. The van der Waals surface area contributed by atoms with E-state index in [1.807, 2.05) is 0 Å². The molecule has 4 N–H and O–H groups in total. The van der Waals surface area contributed by atoms with Gasteiger partial charge in [0.05, 0.1) is 0 Å². The normalized spacial score (nSPS) is 20.1. The molecule has 1 heterocycles. The summed E-state index contributed by atoms with van der Waals surface area (Å²) >= 11 is 0. The summed E-state index contributed by atoms with van der Waals surface area (Å²) in [5.74, 6) is 6.10. The predicted molar refractivity (Wildman–Crippen MR) is 67.7 cm³/mol. The molecule has 0 saturated carbocycles. The molecule has 1 aliphatic heterocycles. The maximum Gasteiger partial charge on any atom is 0.206 e. The molecule has 0 radical (unpaired) electrons. The molecule has 0 spiro atoms. The summed E-state index contributed by atoms with van der Waals surface area (Å²) in [7, 11) is 1.69. The van der Waals surface area contributed by atoms with Gasteiger partial charge in [-0.3, -0.25) is 10.4 Å². The Labute approximate surface area is 103 Å². The van der Waals surface area contributed by atoms with Crippen molar-refractivity contribution in [2.24, 2.45) is 10.8 Å². The van der Waals surface area contributed by atoms with Gasteiger partial charge in [-0.1, -0.05) is 0 Å². The second-order valence-electron chi connectivity index (χ2n) is 4.52. The monoisotopic (exact) mass is 244 g/mol. The van der Waals surface area contributed by atoms with Gasteiger partial charge in [0.2, 0.25) is 5.96 Å². The van der Waals surface area contributed by atoms with Crippen LogP contribution in [-0.4, -0.2) is 45.0 Å². The van der Waals surface area contributed by atoms with E-state index in [9.17, 15) is 0 Å². The third-order valence-corrected chi connectivity index (χ3v) is 2.93. The lowest BCUT2D eigenvalue weighted by atomic mass is 9.93. The standard InChI is InChI=1S/C11H24N4O2/c1-11(4-8-17-9-5-11)14-10(15-12)13-6-3-7-16-2/h3-9,12H2,1-2H3,(H2,13,14,15). The maximum atomic E-state index is 5.46. The summed E-state index contributed by atoms with van der Waals surface area (Å²) < 4.78 is 10.3. The van der Waals surface area contributed by atoms with E-state index in [1.165, 1.54) is 0 Å². The van der Waals surface area contributed by atoms with Gasteiger partial charge in [0.1, 0.15) is 0 Å². The van der Waals surface area contributed by atoms with Crippen LogP contribution >= 0.6 is 0 Å². The quantitative estimate of drug-likeness (QED) is 0.208. The van der Waals surface area contributed by atoms with Crippen LogP contribution < -0.4 is 16.6 Å². The summed E-state index contributed by atoms with van der Waals surface area (Å²) in [6.45, 7) is 5.15. The van der Waals surface area contributed by atoms with Crippen molar-refractivity contribution in [3.8, 4) is 0 Å². The molecule has 0 aromatic heterocycles. The lowest BCUT2D eigenvalue weighted by Crippen LogP contribution is -2.55. The number of ether oxygens (including phenoxy) is 2. The first kappa shape index (κ1) is 14.2. The van der Waals surface area contributed by atoms with Gasteiger partial charge >= 0.3 is 0 Å². The topological polar surface area (TPSA) is 80.9 Å². The molecule has 1 rings (SSSR count). The number of methoxy groups -OCH3 is 1. The van der Waals surface area contributed by atoms with E-state index in [-0.39, 0.29) is 5.54 Å². The molecule has 0 atom stereocenters. The van der Waals surface area contributed by atoms with Crippen LogP contribution in [0.2, 0.25) is 0 Å². The average molecular weight is 244 g/mol. The highest BCUT2D eigenvalue weighted by atomic mass is 16.5. The Balaban J connectivity index is 2.38. The number of nitrogens with zero attached hydrogens (tertiary/aromatic N) is 1. The molecule has 17 heavy (non-hydrogen) atoms. The fourth-order valence-corrected chi connectivity index (χ4v) is 1.75. The van der Waals surface area contributed by atoms with Crippen molar-refractivity contribution in [2.75, 3.05) is 33.5 Å². The van der Waals surface area contributed by atoms with Crippen molar-refractivity contribution < 1.29 is 9.47 Å². The van der Waals surface area contributed by atoms with Crippen LogP contribution in [0.25, 0.3) is 0 Å². The number of hydrogen-bond acceptors (Lipinski definition) is 4. The molecule has 1 aliphatic rings. The minimum Gasteiger partial charge on any atom is -0.385 e.